The molecule has 0 aliphatic carbocycles. The summed E-state index contributed by atoms with van der Waals surface area (Å²) >= 11 is 0. The maximum Gasteiger partial charge on any atom is 0.264 e. The Hall–Kier alpha value is -3.32. The Morgan fingerprint density at radius 2 is 1.81 bits per heavy atom. The Morgan fingerprint density at radius 3 is 2.66 bits per heavy atom. The van der Waals surface area contributed by atoms with Crippen LogP contribution in [-0.4, -0.2) is 34.5 Å². The summed E-state index contributed by atoms with van der Waals surface area (Å²) in [6.07, 6.45) is 2.23. The topological polar surface area (TPSA) is 75.7 Å². The van der Waals surface area contributed by atoms with Gasteiger partial charge >= 0.3 is 0 Å². The Morgan fingerprint density at radius 1 is 1.03 bits per heavy atom. The molecule has 0 bridgehead atoms. The minimum Gasteiger partial charge on any atom is -0.496 e. The fourth-order valence-corrected chi connectivity index (χ4v) is 5.58. The number of carbonyl (C=O) groups excluding carboxylic acids is 1. The number of nitrogens with one attached hydrogen (secondary N) is 1. The third-order valence-corrected chi connectivity index (χ3v) is 7.43. The van der Waals surface area contributed by atoms with Crippen LogP contribution in [0.2, 0.25) is 0 Å². The summed E-state index contributed by atoms with van der Waals surface area (Å²) in [5, 5.41) is 2.87. The summed E-state index contributed by atoms with van der Waals surface area (Å²) in [6.45, 7) is 0.838. The van der Waals surface area contributed by atoms with Gasteiger partial charge in [-0.1, -0.05) is 42.5 Å². The van der Waals surface area contributed by atoms with Gasteiger partial charge in [0, 0.05) is 18.7 Å². The fraction of sp³-hybridized carbons (Fsp3) is 0.240. The average molecular weight is 451 g/mol. The Kier molecular flexibility index (Phi) is 6.46. The van der Waals surface area contributed by atoms with Crippen LogP contribution in [0.4, 0.5) is 5.69 Å². The van der Waals surface area contributed by atoms with Gasteiger partial charge in [0.2, 0.25) is 0 Å². The van der Waals surface area contributed by atoms with Crippen LogP contribution < -0.4 is 14.4 Å². The number of carbonyl (C=O) groups is 1. The second-order valence-electron chi connectivity index (χ2n) is 7.66. The van der Waals surface area contributed by atoms with Crippen molar-refractivity contribution in [1.82, 2.24) is 5.32 Å². The van der Waals surface area contributed by atoms with E-state index in [4.69, 9.17) is 4.74 Å². The molecule has 7 heteroatoms. The van der Waals surface area contributed by atoms with Crippen LogP contribution in [0.5, 0.6) is 5.75 Å². The molecule has 1 aliphatic heterocycles. The van der Waals surface area contributed by atoms with Crippen molar-refractivity contribution in [2.45, 2.75) is 24.2 Å². The first-order valence-electron chi connectivity index (χ1n) is 10.6. The van der Waals surface area contributed by atoms with E-state index >= 15 is 0 Å². The van der Waals surface area contributed by atoms with Crippen LogP contribution >= 0.6 is 0 Å². The molecule has 32 heavy (non-hydrogen) atoms. The maximum atomic E-state index is 13.4. The molecule has 1 N–H and O–H groups in total. The van der Waals surface area contributed by atoms with E-state index in [9.17, 15) is 13.2 Å². The second kappa shape index (κ2) is 9.44. The van der Waals surface area contributed by atoms with Crippen molar-refractivity contribution in [3.05, 3.63) is 89.5 Å². The summed E-state index contributed by atoms with van der Waals surface area (Å²) < 4.78 is 33.5. The lowest BCUT2D eigenvalue weighted by Crippen LogP contribution is -2.35. The Bertz CT molecular complexity index is 1220. The van der Waals surface area contributed by atoms with Crippen molar-refractivity contribution < 1.29 is 17.9 Å². The highest BCUT2D eigenvalue weighted by atomic mass is 32.2. The van der Waals surface area contributed by atoms with Crippen LogP contribution in [0.15, 0.2) is 77.7 Å². The monoisotopic (exact) mass is 450 g/mol. The van der Waals surface area contributed by atoms with Crippen molar-refractivity contribution in [3.8, 4) is 5.75 Å². The fourth-order valence-electron chi connectivity index (χ4n) is 4.00. The average Bonchev–Trinajstić information content (AvgIpc) is 2.84. The summed E-state index contributed by atoms with van der Waals surface area (Å²) in [5.74, 6) is 0.465. The third-order valence-electron chi connectivity index (χ3n) is 5.62. The van der Waals surface area contributed by atoms with Crippen molar-refractivity contribution >= 4 is 21.6 Å². The molecule has 0 saturated carbocycles. The maximum absolute atomic E-state index is 13.4. The number of anilines is 1. The zero-order valence-electron chi connectivity index (χ0n) is 18.0. The number of rotatable bonds is 7. The lowest BCUT2D eigenvalue weighted by molar-refractivity contribution is 0.0954. The zero-order valence-corrected chi connectivity index (χ0v) is 18.8. The van der Waals surface area contributed by atoms with Gasteiger partial charge in [-0.2, -0.15) is 0 Å². The van der Waals surface area contributed by atoms with Crippen molar-refractivity contribution in [2.75, 3.05) is 24.5 Å². The Balaban J connectivity index is 1.49. The van der Waals surface area contributed by atoms with Gasteiger partial charge < -0.3 is 10.1 Å². The van der Waals surface area contributed by atoms with Crippen LogP contribution in [-0.2, 0) is 22.9 Å². The highest BCUT2D eigenvalue weighted by Gasteiger charge is 2.29. The van der Waals surface area contributed by atoms with Gasteiger partial charge in [0.1, 0.15) is 5.75 Å². The van der Waals surface area contributed by atoms with Crippen LogP contribution in [0, 0.1) is 0 Å². The number of nitrogens with zero attached hydrogens (tertiary/aromatic N) is 1. The molecule has 0 saturated heterocycles. The minimum atomic E-state index is -3.77. The molecule has 0 atom stereocenters. The molecule has 3 aromatic rings. The predicted octanol–water partition coefficient (Wildman–Crippen LogP) is 3.81. The number of sulfonamides is 1. The van der Waals surface area contributed by atoms with Crippen LogP contribution in [0.3, 0.4) is 0 Å². The SMILES string of the molecule is COc1ccccc1CCNC(=O)c1cccc(S(=O)(=O)N2CCCc3ccccc32)c1. The molecule has 1 heterocycles. The largest absolute Gasteiger partial charge is 0.496 e. The number of aryl methyl sites for hydroxylation is 1. The highest BCUT2D eigenvalue weighted by molar-refractivity contribution is 7.92. The van der Waals surface area contributed by atoms with E-state index in [1.165, 1.54) is 16.4 Å². The van der Waals surface area contributed by atoms with Crippen molar-refractivity contribution in [3.63, 3.8) is 0 Å². The molecular formula is C25H26N2O4S. The standard InChI is InChI=1S/C25H26N2O4S/c1-31-24-14-5-3-9-20(24)15-16-26-25(28)21-10-6-12-22(18-21)32(29,30)27-17-7-11-19-8-2-4-13-23(19)27/h2-6,8-10,12-14,18H,7,11,15-17H2,1H3,(H,26,28). The molecule has 4 rings (SSSR count). The molecule has 0 radical (unpaired) electrons. The zero-order chi connectivity index (χ0) is 22.6. The second-order valence-corrected chi connectivity index (χ2v) is 9.52. The molecule has 0 fully saturated rings. The summed E-state index contributed by atoms with van der Waals surface area (Å²) in [6, 6.07) is 21.4. The van der Waals surface area contributed by atoms with E-state index in [2.05, 4.69) is 5.32 Å². The van der Waals surface area contributed by atoms with Gasteiger partial charge in [-0.3, -0.25) is 9.10 Å². The summed E-state index contributed by atoms with van der Waals surface area (Å²) in [4.78, 5) is 12.8. The number of methoxy groups -OCH3 is 1. The van der Waals surface area contributed by atoms with Crippen molar-refractivity contribution in [2.24, 2.45) is 0 Å². The first kappa shape index (κ1) is 21.9. The number of amides is 1. The number of ether oxygens (including phenoxy) is 1. The van der Waals surface area contributed by atoms with E-state index in [-0.39, 0.29) is 10.8 Å². The lowest BCUT2D eigenvalue weighted by Gasteiger charge is -2.30. The van der Waals surface area contributed by atoms with Crippen LogP contribution in [0.1, 0.15) is 27.9 Å². The van der Waals surface area contributed by atoms with Gasteiger partial charge in [-0.25, -0.2) is 8.42 Å². The quantitative estimate of drug-likeness (QED) is 0.594. The first-order valence-corrected chi connectivity index (χ1v) is 12.1. The third kappa shape index (κ3) is 4.48. The molecular weight excluding hydrogens is 424 g/mol. The summed E-state index contributed by atoms with van der Waals surface area (Å²) in [7, 11) is -2.15. The molecule has 0 aromatic heterocycles. The normalized spacial score (nSPS) is 13.3. The van der Waals surface area contributed by atoms with Gasteiger partial charge in [0.25, 0.3) is 15.9 Å². The lowest BCUT2D eigenvalue weighted by atomic mass is 10.0. The molecule has 1 amide bonds. The van der Waals surface area contributed by atoms with E-state index in [1.54, 1.807) is 19.2 Å². The van der Waals surface area contributed by atoms with E-state index < -0.39 is 10.0 Å². The van der Waals surface area contributed by atoms with E-state index in [0.717, 1.165) is 29.7 Å². The first-order chi connectivity index (χ1) is 15.5. The summed E-state index contributed by atoms with van der Waals surface area (Å²) in [5.41, 5.74) is 3.05. The van der Waals surface area contributed by atoms with Gasteiger partial charge in [-0.05, 0) is 60.7 Å². The molecule has 166 valence electrons. The highest BCUT2D eigenvalue weighted by Crippen LogP contribution is 2.32. The van der Waals surface area contributed by atoms with E-state index in [0.29, 0.717) is 30.8 Å². The van der Waals surface area contributed by atoms with E-state index in [1.807, 2.05) is 48.5 Å². The van der Waals surface area contributed by atoms with Crippen LogP contribution in [0.25, 0.3) is 0 Å². The van der Waals surface area contributed by atoms with Gasteiger partial charge in [-0.15, -0.1) is 0 Å². The molecule has 1 aliphatic rings. The predicted molar refractivity (Wildman–Crippen MR) is 125 cm³/mol. The minimum absolute atomic E-state index is 0.117. The number of fused-ring (bicyclic) bond motifs is 1. The number of hydrogen-bond donors (Lipinski definition) is 1. The van der Waals surface area contributed by atoms with Crippen molar-refractivity contribution in [1.29, 1.82) is 0 Å². The Labute approximate surface area is 188 Å². The molecule has 3 aromatic carbocycles. The molecule has 6 nitrogen and oxygen atoms in total. The molecule has 0 unspecified atom stereocenters. The van der Waals surface area contributed by atoms with Gasteiger partial charge in [0.05, 0.1) is 17.7 Å². The smallest absolute Gasteiger partial charge is 0.264 e. The number of benzene rings is 3. The molecule has 0 spiro atoms. The van der Waals surface area contributed by atoms with Gasteiger partial charge in [0.15, 0.2) is 0 Å². The number of hydrogen-bond acceptors (Lipinski definition) is 4. The number of para-hydroxylation sites is 2.